The molecule has 106 valence electrons. The van der Waals surface area contributed by atoms with Gasteiger partial charge in [0.05, 0.1) is 0 Å². The summed E-state index contributed by atoms with van der Waals surface area (Å²) in [6.45, 7) is 4.47. The first-order chi connectivity index (χ1) is 8.87. The normalized spacial score (nSPS) is 22.5. The number of hydrogen-bond acceptors (Lipinski definition) is 2. The standard InChI is InChI=1S/C15H22F2N2/c1-15(2)7-3-4-11(9-15)19-13-6-5-10(18)8-12(13)14(16)17/h5-6,8,11,14,19H,3-4,7,9,18H2,1-2H3. The van der Waals surface area contributed by atoms with Crippen molar-refractivity contribution in [2.75, 3.05) is 11.1 Å². The number of nitrogen functional groups attached to an aromatic ring is 1. The van der Waals surface area contributed by atoms with Gasteiger partial charge >= 0.3 is 0 Å². The van der Waals surface area contributed by atoms with Gasteiger partial charge < -0.3 is 11.1 Å². The van der Waals surface area contributed by atoms with E-state index in [-0.39, 0.29) is 17.0 Å². The molecule has 1 unspecified atom stereocenters. The van der Waals surface area contributed by atoms with Crippen LogP contribution in [0, 0.1) is 5.41 Å². The predicted molar refractivity (Wildman–Crippen MR) is 75.5 cm³/mol. The number of benzene rings is 1. The highest BCUT2D eigenvalue weighted by atomic mass is 19.3. The first-order valence-electron chi connectivity index (χ1n) is 6.81. The number of rotatable bonds is 3. The van der Waals surface area contributed by atoms with Crippen LogP contribution in [0.1, 0.15) is 51.5 Å². The smallest absolute Gasteiger partial charge is 0.265 e. The lowest BCUT2D eigenvalue weighted by molar-refractivity contribution is 0.152. The molecule has 1 aromatic rings. The number of anilines is 2. The van der Waals surface area contributed by atoms with E-state index in [9.17, 15) is 8.78 Å². The molecule has 0 aliphatic heterocycles. The Bertz CT molecular complexity index is 444. The van der Waals surface area contributed by atoms with Crippen LogP contribution in [0.4, 0.5) is 20.2 Å². The maximum Gasteiger partial charge on any atom is 0.265 e. The van der Waals surface area contributed by atoms with E-state index < -0.39 is 6.43 Å². The minimum absolute atomic E-state index is 0.00313. The molecular weight excluding hydrogens is 246 g/mol. The molecule has 19 heavy (non-hydrogen) atoms. The van der Waals surface area contributed by atoms with Crippen LogP contribution in [0.2, 0.25) is 0 Å². The van der Waals surface area contributed by atoms with Crippen molar-refractivity contribution in [3.63, 3.8) is 0 Å². The SMILES string of the molecule is CC1(C)CCCC(Nc2ccc(N)cc2C(F)F)C1. The number of alkyl halides is 2. The van der Waals surface area contributed by atoms with Gasteiger partial charge in [-0.3, -0.25) is 0 Å². The van der Waals surface area contributed by atoms with Gasteiger partial charge in [-0.15, -0.1) is 0 Å². The molecule has 1 fully saturated rings. The quantitative estimate of drug-likeness (QED) is 0.787. The fourth-order valence-corrected chi connectivity index (χ4v) is 2.93. The van der Waals surface area contributed by atoms with Crippen LogP contribution in [-0.4, -0.2) is 6.04 Å². The molecule has 1 aliphatic rings. The third-order valence-corrected chi connectivity index (χ3v) is 3.88. The van der Waals surface area contributed by atoms with E-state index >= 15 is 0 Å². The highest BCUT2D eigenvalue weighted by molar-refractivity contribution is 5.59. The van der Waals surface area contributed by atoms with Gasteiger partial charge in [-0.2, -0.15) is 0 Å². The highest BCUT2D eigenvalue weighted by Crippen LogP contribution is 2.37. The highest BCUT2D eigenvalue weighted by Gasteiger charge is 2.28. The van der Waals surface area contributed by atoms with Gasteiger partial charge in [0, 0.05) is 23.0 Å². The Morgan fingerprint density at radius 1 is 1.37 bits per heavy atom. The van der Waals surface area contributed by atoms with Crippen LogP contribution in [0.3, 0.4) is 0 Å². The molecule has 0 saturated heterocycles. The third kappa shape index (κ3) is 3.58. The van der Waals surface area contributed by atoms with Crippen molar-refractivity contribution in [2.24, 2.45) is 5.41 Å². The van der Waals surface area contributed by atoms with E-state index in [0.29, 0.717) is 11.4 Å². The summed E-state index contributed by atoms with van der Waals surface area (Å²) in [4.78, 5) is 0. The molecular formula is C15H22F2N2. The molecule has 0 amide bonds. The summed E-state index contributed by atoms with van der Waals surface area (Å²) in [5.74, 6) is 0. The lowest BCUT2D eigenvalue weighted by Gasteiger charge is -2.36. The van der Waals surface area contributed by atoms with E-state index in [1.807, 2.05) is 0 Å². The Morgan fingerprint density at radius 3 is 2.74 bits per heavy atom. The minimum atomic E-state index is -2.50. The summed E-state index contributed by atoms with van der Waals surface area (Å²) in [5, 5.41) is 3.28. The largest absolute Gasteiger partial charge is 0.399 e. The summed E-state index contributed by atoms with van der Waals surface area (Å²) >= 11 is 0. The molecule has 1 atom stereocenters. The number of nitrogens with two attached hydrogens (primary N) is 1. The zero-order valence-corrected chi connectivity index (χ0v) is 11.5. The van der Waals surface area contributed by atoms with Crippen molar-refractivity contribution in [1.29, 1.82) is 0 Å². The Labute approximate surface area is 113 Å². The molecule has 1 aromatic carbocycles. The first-order valence-corrected chi connectivity index (χ1v) is 6.81. The minimum Gasteiger partial charge on any atom is -0.399 e. The second-order valence-electron chi connectivity index (χ2n) is 6.25. The molecule has 2 nitrogen and oxygen atoms in total. The van der Waals surface area contributed by atoms with E-state index in [0.717, 1.165) is 19.3 Å². The average Bonchev–Trinajstić information content (AvgIpc) is 2.30. The van der Waals surface area contributed by atoms with E-state index in [1.54, 1.807) is 12.1 Å². The molecule has 0 heterocycles. The molecule has 1 aliphatic carbocycles. The maximum atomic E-state index is 13.0. The zero-order valence-electron chi connectivity index (χ0n) is 11.5. The van der Waals surface area contributed by atoms with Crippen LogP contribution in [0.25, 0.3) is 0 Å². The van der Waals surface area contributed by atoms with Crippen LogP contribution in [0.15, 0.2) is 18.2 Å². The van der Waals surface area contributed by atoms with Gasteiger partial charge in [0.1, 0.15) is 0 Å². The summed E-state index contributed by atoms with van der Waals surface area (Å²) in [6.07, 6.45) is 1.90. The van der Waals surface area contributed by atoms with Gasteiger partial charge in [-0.05, 0) is 42.9 Å². The predicted octanol–water partition coefficient (Wildman–Crippen LogP) is 4.59. The summed E-state index contributed by atoms with van der Waals surface area (Å²) in [5.41, 5.74) is 6.77. The zero-order chi connectivity index (χ0) is 14.0. The molecule has 2 rings (SSSR count). The Hall–Kier alpha value is -1.32. The monoisotopic (exact) mass is 268 g/mol. The summed E-state index contributed by atoms with van der Waals surface area (Å²) in [6, 6.07) is 4.96. The number of hydrogen-bond donors (Lipinski definition) is 2. The molecule has 0 bridgehead atoms. The fourth-order valence-electron chi connectivity index (χ4n) is 2.93. The summed E-state index contributed by atoms with van der Waals surface area (Å²) < 4.78 is 26.0. The fraction of sp³-hybridized carbons (Fsp3) is 0.600. The van der Waals surface area contributed by atoms with Gasteiger partial charge in [0.2, 0.25) is 0 Å². The van der Waals surface area contributed by atoms with Crippen LogP contribution < -0.4 is 11.1 Å². The topological polar surface area (TPSA) is 38.0 Å². The summed E-state index contributed by atoms with van der Waals surface area (Å²) in [7, 11) is 0. The van der Waals surface area contributed by atoms with E-state index in [2.05, 4.69) is 19.2 Å². The average molecular weight is 268 g/mol. The lowest BCUT2D eigenvalue weighted by atomic mass is 9.75. The Balaban J connectivity index is 2.14. The second kappa shape index (κ2) is 5.35. The molecule has 0 radical (unpaired) electrons. The third-order valence-electron chi connectivity index (χ3n) is 3.88. The maximum absolute atomic E-state index is 13.0. The first kappa shape index (κ1) is 14.1. The van der Waals surface area contributed by atoms with Crippen molar-refractivity contribution in [2.45, 2.75) is 52.0 Å². The number of nitrogens with one attached hydrogen (secondary N) is 1. The Kier molecular flexibility index (Phi) is 3.97. The van der Waals surface area contributed by atoms with Crippen molar-refractivity contribution in [1.82, 2.24) is 0 Å². The van der Waals surface area contributed by atoms with E-state index in [4.69, 9.17) is 5.73 Å². The lowest BCUT2D eigenvalue weighted by Crippen LogP contribution is -2.32. The van der Waals surface area contributed by atoms with Crippen LogP contribution >= 0.6 is 0 Å². The Morgan fingerprint density at radius 2 is 2.11 bits per heavy atom. The van der Waals surface area contributed by atoms with Crippen LogP contribution in [0.5, 0.6) is 0 Å². The van der Waals surface area contributed by atoms with Gasteiger partial charge in [0.25, 0.3) is 6.43 Å². The molecule has 3 N–H and O–H groups in total. The van der Waals surface area contributed by atoms with Crippen molar-refractivity contribution in [3.05, 3.63) is 23.8 Å². The second-order valence-corrected chi connectivity index (χ2v) is 6.25. The number of halogens is 2. The van der Waals surface area contributed by atoms with Crippen molar-refractivity contribution in [3.8, 4) is 0 Å². The van der Waals surface area contributed by atoms with Gasteiger partial charge in [-0.25, -0.2) is 8.78 Å². The van der Waals surface area contributed by atoms with Crippen LogP contribution in [-0.2, 0) is 0 Å². The van der Waals surface area contributed by atoms with E-state index in [1.165, 1.54) is 12.5 Å². The molecule has 1 saturated carbocycles. The molecule has 4 heteroatoms. The van der Waals surface area contributed by atoms with Gasteiger partial charge in [-0.1, -0.05) is 20.3 Å². The van der Waals surface area contributed by atoms with Gasteiger partial charge in [0.15, 0.2) is 0 Å². The van der Waals surface area contributed by atoms with Crippen molar-refractivity contribution < 1.29 is 8.78 Å². The van der Waals surface area contributed by atoms with Crippen molar-refractivity contribution >= 4 is 11.4 Å². The molecule has 0 spiro atoms. The molecule has 0 aromatic heterocycles.